The van der Waals surface area contributed by atoms with Crippen LogP contribution in [0.5, 0.6) is 0 Å². The minimum atomic E-state index is 0.637. The van der Waals surface area contributed by atoms with Crippen molar-refractivity contribution in [1.82, 2.24) is 14.8 Å². The van der Waals surface area contributed by atoms with Crippen molar-refractivity contribution in [2.45, 2.75) is 16.3 Å². The molecule has 0 saturated carbocycles. The van der Waals surface area contributed by atoms with Crippen LogP contribution in [0.4, 0.5) is 0 Å². The molecule has 0 spiro atoms. The number of nitriles is 1. The van der Waals surface area contributed by atoms with Gasteiger partial charge in [0.2, 0.25) is 0 Å². The van der Waals surface area contributed by atoms with Gasteiger partial charge in [-0.3, -0.25) is 4.68 Å². The van der Waals surface area contributed by atoms with Crippen LogP contribution in [0.25, 0.3) is 0 Å². The van der Waals surface area contributed by atoms with E-state index in [1.165, 1.54) is 11.8 Å². The Balaban J connectivity index is 2.40. The minimum Gasteiger partial charge on any atom is -0.260 e. The Morgan fingerprint density at radius 3 is 3.00 bits per heavy atom. The van der Waals surface area contributed by atoms with Gasteiger partial charge >= 0.3 is 0 Å². The second-order valence-corrected chi connectivity index (χ2v) is 5.03. The van der Waals surface area contributed by atoms with E-state index >= 15 is 0 Å². The third kappa shape index (κ3) is 1.89. The van der Waals surface area contributed by atoms with Crippen LogP contribution in [0.15, 0.2) is 20.9 Å². The first kappa shape index (κ1) is 10.2. The van der Waals surface area contributed by atoms with Gasteiger partial charge in [0.05, 0.1) is 5.69 Å². The number of aromatic nitrogens is 3. The third-order valence-corrected chi connectivity index (χ3v) is 3.92. The van der Waals surface area contributed by atoms with E-state index in [4.69, 9.17) is 5.26 Å². The van der Waals surface area contributed by atoms with Gasteiger partial charge in [0.25, 0.3) is 0 Å². The quantitative estimate of drug-likeness (QED) is 0.802. The van der Waals surface area contributed by atoms with Gasteiger partial charge in [-0.05, 0) is 18.7 Å². The fourth-order valence-corrected chi connectivity index (χ4v) is 2.93. The van der Waals surface area contributed by atoms with Gasteiger partial charge in [-0.2, -0.15) is 10.4 Å². The highest BCUT2D eigenvalue weighted by Crippen LogP contribution is 2.32. The first-order valence-electron chi connectivity index (χ1n) is 4.23. The highest BCUT2D eigenvalue weighted by Gasteiger charge is 2.14. The number of hydrogen-bond donors (Lipinski definition) is 0. The van der Waals surface area contributed by atoms with E-state index < -0.39 is 0 Å². The van der Waals surface area contributed by atoms with Crippen molar-refractivity contribution in [2.75, 3.05) is 0 Å². The summed E-state index contributed by atoms with van der Waals surface area (Å²) in [6.07, 6.45) is 1.75. The number of aryl methyl sites for hydroxylation is 2. The molecule has 0 aliphatic carbocycles. The van der Waals surface area contributed by atoms with Crippen LogP contribution < -0.4 is 0 Å². The van der Waals surface area contributed by atoms with Crippen molar-refractivity contribution >= 4 is 23.1 Å². The molecule has 2 aromatic rings. The van der Waals surface area contributed by atoms with E-state index in [-0.39, 0.29) is 0 Å². The smallest absolute Gasteiger partial charge is 0.156 e. The van der Waals surface area contributed by atoms with E-state index in [1.54, 1.807) is 22.2 Å². The van der Waals surface area contributed by atoms with Gasteiger partial charge < -0.3 is 0 Å². The Bertz CT molecular complexity index is 507. The monoisotopic (exact) mass is 236 g/mol. The van der Waals surface area contributed by atoms with E-state index in [1.807, 2.05) is 19.4 Å². The topological polar surface area (TPSA) is 54.5 Å². The predicted molar refractivity (Wildman–Crippen MR) is 58.9 cm³/mol. The Labute approximate surface area is 95.6 Å². The second kappa shape index (κ2) is 4.04. The molecular formula is C9H8N4S2. The van der Waals surface area contributed by atoms with Gasteiger partial charge in [0.1, 0.15) is 16.7 Å². The lowest BCUT2D eigenvalue weighted by atomic mass is 10.3. The Kier molecular flexibility index (Phi) is 2.75. The van der Waals surface area contributed by atoms with Crippen molar-refractivity contribution < 1.29 is 0 Å². The molecule has 0 aliphatic rings. The molecule has 0 aliphatic heterocycles. The van der Waals surface area contributed by atoms with Crippen LogP contribution in [0.1, 0.15) is 11.3 Å². The lowest BCUT2D eigenvalue weighted by Gasteiger charge is -1.97. The summed E-state index contributed by atoms with van der Waals surface area (Å²) in [4.78, 5) is 4.17. The molecule has 0 radical (unpaired) electrons. The molecule has 6 heteroatoms. The van der Waals surface area contributed by atoms with Gasteiger partial charge in [-0.15, -0.1) is 11.3 Å². The average Bonchev–Trinajstić information content (AvgIpc) is 2.77. The summed E-state index contributed by atoms with van der Waals surface area (Å²) in [5.74, 6) is 0. The zero-order valence-electron chi connectivity index (χ0n) is 8.26. The molecule has 76 valence electrons. The van der Waals surface area contributed by atoms with Gasteiger partial charge in [0.15, 0.2) is 4.34 Å². The molecular weight excluding hydrogens is 228 g/mol. The summed E-state index contributed by atoms with van der Waals surface area (Å²) in [7, 11) is 1.84. The van der Waals surface area contributed by atoms with Crippen LogP contribution in [0, 0.1) is 18.3 Å². The maximum Gasteiger partial charge on any atom is 0.156 e. The summed E-state index contributed by atoms with van der Waals surface area (Å²) >= 11 is 3.03. The molecule has 0 aromatic carbocycles. The molecule has 0 saturated heterocycles. The summed E-state index contributed by atoms with van der Waals surface area (Å²) in [5, 5.41) is 16.0. The maximum absolute atomic E-state index is 9.01. The molecule has 15 heavy (non-hydrogen) atoms. The lowest BCUT2D eigenvalue weighted by Crippen LogP contribution is -1.92. The zero-order chi connectivity index (χ0) is 10.8. The molecule has 0 fully saturated rings. The number of nitrogens with zero attached hydrogens (tertiary/aromatic N) is 4. The van der Waals surface area contributed by atoms with E-state index in [2.05, 4.69) is 16.2 Å². The normalized spacial score (nSPS) is 10.2. The predicted octanol–water partition coefficient (Wildman–Crippen LogP) is 2.21. The average molecular weight is 236 g/mol. The van der Waals surface area contributed by atoms with E-state index in [9.17, 15) is 0 Å². The van der Waals surface area contributed by atoms with E-state index in [0.29, 0.717) is 5.56 Å². The van der Waals surface area contributed by atoms with Gasteiger partial charge in [-0.25, -0.2) is 4.98 Å². The van der Waals surface area contributed by atoms with Crippen LogP contribution in [-0.2, 0) is 7.05 Å². The number of thiazole rings is 1. The summed E-state index contributed by atoms with van der Waals surface area (Å²) in [6, 6.07) is 2.17. The van der Waals surface area contributed by atoms with Crippen molar-refractivity contribution in [1.29, 1.82) is 5.26 Å². The standard InChI is InChI=1S/C9H8N4S2/c1-6-7(5-10)8(13(2)12-6)15-9-11-3-4-14-9/h3-4H,1-2H3. The first-order chi connectivity index (χ1) is 7.22. The van der Waals surface area contributed by atoms with Crippen molar-refractivity contribution in [3.63, 3.8) is 0 Å². The molecule has 2 rings (SSSR count). The molecule has 0 unspecified atom stereocenters. The van der Waals surface area contributed by atoms with Crippen LogP contribution in [-0.4, -0.2) is 14.8 Å². The molecule has 0 atom stereocenters. The minimum absolute atomic E-state index is 0.637. The van der Waals surface area contributed by atoms with Crippen molar-refractivity contribution in [3.05, 3.63) is 22.8 Å². The zero-order valence-corrected chi connectivity index (χ0v) is 9.89. The number of rotatable bonds is 2. The highest BCUT2D eigenvalue weighted by atomic mass is 32.2. The fourth-order valence-electron chi connectivity index (χ4n) is 1.23. The van der Waals surface area contributed by atoms with Crippen LogP contribution >= 0.6 is 23.1 Å². The summed E-state index contributed by atoms with van der Waals surface area (Å²) < 4.78 is 2.65. The molecule has 0 amide bonds. The second-order valence-electron chi connectivity index (χ2n) is 2.90. The fraction of sp³-hybridized carbons (Fsp3) is 0.222. The van der Waals surface area contributed by atoms with Crippen LogP contribution in [0.3, 0.4) is 0 Å². The van der Waals surface area contributed by atoms with Crippen LogP contribution in [0.2, 0.25) is 0 Å². The molecule has 0 bridgehead atoms. The highest BCUT2D eigenvalue weighted by molar-refractivity contribution is 8.01. The summed E-state index contributed by atoms with van der Waals surface area (Å²) in [6.45, 7) is 1.84. The Hall–Kier alpha value is -1.32. The van der Waals surface area contributed by atoms with Gasteiger partial charge in [-0.1, -0.05) is 0 Å². The molecule has 2 aromatic heterocycles. The van der Waals surface area contributed by atoms with Gasteiger partial charge in [0, 0.05) is 18.6 Å². The van der Waals surface area contributed by atoms with Crippen molar-refractivity contribution in [3.8, 4) is 6.07 Å². The van der Waals surface area contributed by atoms with Crippen molar-refractivity contribution in [2.24, 2.45) is 7.05 Å². The summed E-state index contributed by atoms with van der Waals surface area (Å²) in [5.41, 5.74) is 1.40. The van der Waals surface area contributed by atoms with E-state index in [0.717, 1.165) is 15.1 Å². The molecule has 2 heterocycles. The maximum atomic E-state index is 9.01. The SMILES string of the molecule is Cc1nn(C)c(Sc2nccs2)c1C#N. The Morgan fingerprint density at radius 1 is 1.60 bits per heavy atom. The molecule has 0 N–H and O–H groups in total. The largest absolute Gasteiger partial charge is 0.260 e. The first-order valence-corrected chi connectivity index (χ1v) is 5.93. The Morgan fingerprint density at radius 2 is 2.40 bits per heavy atom. The third-order valence-electron chi connectivity index (χ3n) is 1.88. The molecule has 4 nitrogen and oxygen atoms in total. The lowest BCUT2D eigenvalue weighted by molar-refractivity contribution is 0.691. The number of hydrogen-bond acceptors (Lipinski definition) is 5.